The third-order valence-electron chi connectivity index (χ3n) is 5.89. The van der Waals surface area contributed by atoms with Gasteiger partial charge in [0.2, 0.25) is 10.0 Å². The Bertz CT molecular complexity index is 1460. The van der Waals surface area contributed by atoms with Crippen LogP contribution in [0.25, 0.3) is 11.0 Å². The molecule has 5 rings (SSSR count). The summed E-state index contributed by atoms with van der Waals surface area (Å²) in [6.07, 6.45) is 3.75. The fourth-order valence-corrected chi connectivity index (χ4v) is 5.48. The Labute approximate surface area is 196 Å². The molecule has 1 saturated heterocycles. The lowest BCUT2D eigenvalue weighted by Gasteiger charge is -2.26. The second-order valence-electron chi connectivity index (χ2n) is 8.09. The van der Waals surface area contributed by atoms with Gasteiger partial charge < -0.3 is 9.72 Å². The maximum Gasteiger partial charge on any atom is 0.243 e. The molecule has 0 bridgehead atoms. The molecule has 4 aromatic rings. The lowest BCUT2D eigenvalue weighted by molar-refractivity contribution is 0.0730. The molecule has 9 heteroatoms. The molecule has 0 atom stereocenters. The molecule has 0 amide bonds. The van der Waals surface area contributed by atoms with Crippen LogP contribution in [-0.2, 0) is 21.2 Å². The number of morpholine rings is 1. The normalized spacial score (nSPS) is 15.0. The van der Waals surface area contributed by atoms with E-state index in [-0.39, 0.29) is 10.5 Å². The van der Waals surface area contributed by atoms with E-state index in [1.165, 1.54) is 16.4 Å². The average molecular weight is 480 g/mol. The zero-order valence-electron chi connectivity index (χ0n) is 18.2. The van der Waals surface area contributed by atoms with Gasteiger partial charge in [0, 0.05) is 36.4 Å². The highest BCUT2D eigenvalue weighted by Gasteiger charge is 2.26. The van der Waals surface area contributed by atoms with Crippen LogP contribution in [0.3, 0.4) is 0 Å². The van der Waals surface area contributed by atoms with Gasteiger partial charge in [-0.3, -0.25) is 4.79 Å². The average Bonchev–Trinajstić information content (AvgIpc) is 3.28. The van der Waals surface area contributed by atoms with E-state index in [1.807, 2.05) is 6.07 Å². The monoisotopic (exact) mass is 479 g/mol. The molecule has 0 aliphatic carbocycles. The third kappa shape index (κ3) is 4.25. The number of benzene rings is 2. The van der Waals surface area contributed by atoms with Crippen molar-refractivity contribution in [2.45, 2.75) is 11.3 Å². The standard InChI is InChI=1S/C25H22FN3O4S/c26-23-4-2-1-3-20(23)24(30)22-16-28-25-21(22)14-18(15-27-25)13-17-5-7-19(8-6-17)34(31,32)29-9-11-33-12-10-29/h1-8,14-16H,9-13H2,(H,27,28). The Morgan fingerprint density at radius 3 is 2.50 bits per heavy atom. The van der Waals surface area contributed by atoms with Gasteiger partial charge in [-0.05, 0) is 47.9 Å². The van der Waals surface area contributed by atoms with Gasteiger partial charge in [0.15, 0.2) is 5.78 Å². The number of carbonyl (C=O) groups excluding carboxylic acids is 1. The first-order chi connectivity index (χ1) is 16.4. The first-order valence-electron chi connectivity index (χ1n) is 10.9. The number of aromatic amines is 1. The first kappa shape index (κ1) is 22.4. The van der Waals surface area contributed by atoms with E-state index < -0.39 is 21.6 Å². The van der Waals surface area contributed by atoms with Gasteiger partial charge in [-0.15, -0.1) is 0 Å². The predicted molar refractivity (Wildman–Crippen MR) is 125 cm³/mol. The second kappa shape index (κ2) is 9.09. The number of ketones is 1. The van der Waals surface area contributed by atoms with Gasteiger partial charge >= 0.3 is 0 Å². The molecule has 7 nitrogen and oxygen atoms in total. The number of aromatic nitrogens is 2. The zero-order valence-corrected chi connectivity index (χ0v) is 19.0. The van der Waals surface area contributed by atoms with Crippen LogP contribution in [0.1, 0.15) is 27.0 Å². The van der Waals surface area contributed by atoms with Crippen molar-refractivity contribution in [3.63, 3.8) is 0 Å². The molecule has 0 unspecified atom stereocenters. The topological polar surface area (TPSA) is 92.4 Å². The molecule has 0 spiro atoms. The van der Waals surface area contributed by atoms with Crippen LogP contribution >= 0.6 is 0 Å². The molecule has 3 heterocycles. The van der Waals surface area contributed by atoms with Crippen LogP contribution in [0.15, 0.2) is 71.9 Å². The highest BCUT2D eigenvalue weighted by Crippen LogP contribution is 2.24. The number of rotatable bonds is 6. The number of carbonyl (C=O) groups is 1. The van der Waals surface area contributed by atoms with E-state index >= 15 is 0 Å². The minimum absolute atomic E-state index is 0.00543. The Kier molecular flexibility index (Phi) is 5.99. The highest BCUT2D eigenvalue weighted by atomic mass is 32.2. The van der Waals surface area contributed by atoms with Crippen molar-refractivity contribution in [2.24, 2.45) is 0 Å². The molecule has 1 N–H and O–H groups in total. The zero-order chi connectivity index (χ0) is 23.7. The number of fused-ring (bicyclic) bond motifs is 1. The molecule has 2 aromatic carbocycles. The summed E-state index contributed by atoms with van der Waals surface area (Å²) in [7, 11) is -3.55. The van der Waals surface area contributed by atoms with Crippen LogP contribution in [-0.4, -0.2) is 54.8 Å². The van der Waals surface area contributed by atoms with Crippen LogP contribution in [0.5, 0.6) is 0 Å². The van der Waals surface area contributed by atoms with Gasteiger partial charge in [-0.1, -0.05) is 24.3 Å². The second-order valence-corrected chi connectivity index (χ2v) is 10.0. The number of hydrogen-bond acceptors (Lipinski definition) is 5. The molecule has 34 heavy (non-hydrogen) atoms. The highest BCUT2D eigenvalue weighted by molar-refractivity contribution is 7.89. The molecule has 1 aliphatic heterocycles. The third-order valence-corrected chi connectivity index (χ3v) is 7.80. The summed E-state index contributed by atoms with van der Waals surface area (Å²) < 4.78 is 46.4. The van der Waals surface area contributed by atoms with Crippen molar-refractivity contribution in [2.75, 3.05) is 26.3 Å². The van der Waals surface area contributed by atoms with E-state index in [1.54, 1.807) is 48.8 Å². The lowest BCUT2D eigenvalue weighted by Crippen LogP contribution is -2.40. The van der Waals surface area contributed by atoms with Crippen molar-refractivity contribution < 1.29 is 22.3 Å². The summed E-state index contributed by atoms with van der Waals surface area (Å²) in [5.41, 5.74) is 2.64. The van der Waals surface area contributed by atoms with Crippen molar-refractivity contribution >= 4 is 26.8 Å². The van der Waals surface area contributed by atoms with Crippen molar-refractivity contribution in [1.82, 2.24) is 14.3 Å². The van der Waals surface area contributed by atoms with Crippen LogP contribution < -0.4 is 0 Å². The number of hydrogen-bond donors (Lipinski definition) is 1. The number of ether oxygens (including phenoxy) is 1. The number of H-pyrrole nitrogens is 1. The van der Waals surface area contributed by atoms with E-state index in [0.717, 1.165) is 11.1 Å². The molecular weight excluding hydrogens is 457 g/mol. The maximum atomic E-state index is 14.1. The maximum absolute atomic E-state index is 14.1. The Balaban J connectivity index is 1.39. The summed E-state index contributed by atoms with van der Waals surface area (Å²) in [6, 6.07) is 14.5. The molecule has 2 aromatic heterocycles. The quantitative estimate of drug-likeness (QED) is 0.427. The number of nitrogens with zero attached hydrogens (tertiary/aromatic N) is 2. The van der Waals surface area contributed by atoms with E-state index in [0.29, 0.717) is 49.3 Å². The fraction of sp³-hybridized carbons (Fsp3) is 0.200. The summed E-state index contributed by atoms with van der Waals surface area (Å²) in [6.45, 7) is 1.49. The first-order valence-corrected chi connectivity index (χ1v) is 12.3. The molecule has 1 fully saturated rings. The summed E-state index contributed by atoms with van der Waals surface area (Å²) in [4.78, 5) is 20.5. The minimum Gasteiger partial charge on any atom is -0.379 e. The Morgan fingerprint density at radius 2 is 1.76 bits per heavy atom. The fourth-order valence-electron chi connectivity index (χ4n) is 4.07. The summed E-state index contributed by atoms with van der Waals surface area (Å²) in [5, 5.41) is 0.609. The van der Waals surface area contributed by atoms with E-state index in [2.05, 4.69) is 9.97 Å². The van der Waals surface area contributed by atoms with Gasteiger partial charge in [-0.2, -0.15) is 4.31 Å². The largest absolute Gasteiger partial charge is 0.379 e. The van der Waals surface area contributed by atoms with Gasteiger partial charge in [0.1, 0.15) is 11.5 Å². The lowest BCUT2D eigenvalue weighted by atomic mass is 10.0. The number of nitrogens with one attached hydrogen (secondary N) is 1. The van der Waals surface area contributed by atoms with Gasteiger partial charge in [-0.25, -0.2) is 17.8 Å². The van der Waals surface area contributed by atoms with Crippen LogP contribution in [0.2, 0.25) is 0 Å². The van der Waals surface area contributed by atoms with Crippen molar-refractivity contribution in [3.8, 4) is 0 Å². The van der Waals surface area contributed by atoms with E-state index in [9.17, 15) is 17.6 Å². The SMILES string of the molecule is O=C(c1ccccc1F)c1c[nH]c2ncc(Cc3ccc(S(=O)(=O)N4CCOCC4)cc3)cc12. The minimum atomic E-state index is -3.55. The number of sulfonamides is 1. The molecule has 1 aliphatic rings. The van der Waals surface area contributed by atoms with Crippen LogP contribution in [0.4, 0.5) is 4.39 Å². The smallest absolute Gasteiger partial charge is 0.243 e. The van der Waals surface area contributed by atoms with Gasteiger partial charge in [0.05, 0.1) is 23.7 Å². The van der Waals surface area contributed by atoms with Gasteiger partial charge in [0.25, 0.3) is 0 Å². The Morgan fingerprint density at radius 1 is 1.03 bits per heavy atom. The molecule has 174 valence electrons. The number of pyridine rings is 1. The van der Waals surface area contributed by atoms with Crippen LogP contribution in [0, 0.1) is 5.82 Å². The van der Waals surface area contributed by atoms with E-state index in [4.69, 9.17) is 4.74 Å². The summed E-state index contributed by atoms with van der Waals surface area (Å²) in [5.74, 6) is -0.987. The summed E-state index contributed by atoms with van der Waals surface area (Å²) >= 11 is 0. The van der Waals surface area contributed by atoms with Crippen molar-refractivity contribution in [3.05, 3.63) is 95.1 Å². The number of halogens is 1. The molecule has 0 saturated carbocycles. The van der Waals surface area contributed by atoms with Crippen molar-refractivity contribution in [1.29, 1.82) is 0 Å². The molecular formula is C25H22FN3O4S. The predicted octanol–water partition coefficient (Wildman–Crippen LogP) is 3.54. The Hall–Kier alpha value is -3.40. The molecule has 0 radical (unpaired) electrons.